The second-order valence-corrected chi connectivity index (χ2v) is 6.92. The Hall–Kier alpha value is -0.990. The third-order valence-corrected chi connectivity index (χ3v) is 4.64. The SMILES string of the molecule is O=S(=O)(NCc1ccc(F)cc1)c1ccc(I)cc1. The Bertz CT molecular complexity index is 654. The molecule has 1 N–H and O–H groups in total. The van der Waals surface area contributed by atoms with E-state index in [1.807, 2.05) is 0 Å². The highest BCUT2D eigenvalue weighted by molar-refractivity contribution is 14.1. The summed E-state index contributed by atoms with van der Waals surface area (Å²) in [6.45, 7) is 0.134. The molecule has 3 nitrogen and oxygen atoms in total. The van der Waals surface area contributed by atoms with E-state index in [0.717, 1.165) is 3.57 Å². The molecule has 2 rings (SSSR count). The highest BCUT2D eigenvalue weighted by Gasteiger charge is 2.13. The fourth-order valence-electron chi connectivity index (χ4n) is 1.48. The zero-order valence-corrected chi connectivity index (χ0v) is 12.8. The first-order valence-corrected chi connectivity index (χ1v) is 8.03. The van der Waals surface area contributed by atoms with Crippen LogP contribution in [0.2, 0.25) is 0 Å². The number of nitrogens with one attached hydrogen (secondary N) is 1. The van der Waals surface area contributed by atoms with Gasteiger partial charge in [0, 0.05) is 10.1 Å². The maximum absolute atomic E-state index is 12.7. The van der Waals surface area contributed by atoms with Gasteiger partial charge >= 0.3 is 0 Å². The van der Waals surface area contributed by atoms with Gasteiger partial charge in [-0.25, -0.2) is 17.5 Å². The van der Waals surface area contributed by atoms with Crippen molar-refractivity contribution in [3.05, 3.63) is 63.5 Å². The van der Waals surface area contributed by atoms with Crippen LogP contribution in [0.25, 0.3) is 0 Å². The van der Waals surface area contributed by atoms with Gasteiger partial charge in [0.05, 0.1) is 4.90 Å². The summed E-state index contributed by atoms with van der Waals surface area (Å²) >= 11 is 2.11. The van der Waals surface area contributed by atoms with Crippen molar-refractivity contribution in [1.82, 2.24) is 4.72 Å². The van der Waals surface area contributed by atoms with E-state index < -0.39 is 10.0 Å². The normalized spacial score (nSPS) is 11.5. The summed E-state index contributed by atoms with van der Waals surface area (Å²) in [6, 6.07) is 12.3. The summed E-state index contributed by atoms with van der Waals surface area (Å²) in [6.07, 6.45) is 0. The molecule has 0 fully saturated rings. The Labute approximate surface area is 125 Å². The summed E-state index contributed by atoms with van der Waals surface area (Å²) in [5.74, 6) is -0.343. The maximum Gasteiger partial charge on any atom is 0.240 e. The van der Waals surface area contributed by atoms with E-state index >= 15 is 0 Å². The molecular formula is C13H11FINO2S. The second-order valence-electron chi connectivity index (χ2n) is 3.90. The van der Waals surface area contributed by atoms with Crippen LogP contribution >= 0.6 is 22.6 Å². The van der Waals surface area contributed by atoms with E-state index in [-0.39, 0.29) is 17.3 Å². The zero-order chi connectivity index (χ0) is 13.9. The van der Waals surface area contributed by atoms with E-state index in [9.17, 15) is 12.8 Å². The Balaban J connectivity index is 2.09. The number of hydrogen-bond donors (Lipinski definition) is 1. The molecule has 0 bridgehead atoms. The summed E-state index contributed by atoms with van der Waals surface area (Å²) in [4.78, 5) is 0.218. The molecule has 0 unspecified atom stereocenters. The van der Waals surface area contributed by atoms with E-state index in [0.29, 0.717) is 5.56 Å². The van der Waals surface area contributed by atoms with Crippen molar-refractivity contribution in [3.63, 3.8) is 0 Å². The molecule has 0 radical (unpaired) electrons. The minimum Gasteiger partial charge on any atom is -0.207 e. The Morgan fingerprint density at radius 2 is 1.58 bits per heavy atom. The minimum atomic E-state index is -3.53. The van der Waals surface area contributed by atoms with Gasteiger partial charge in [-0.1, -0.05) is 12.1 Å². The van der Waals surface area contributed by atoms with Crippen LogP contribution in [0.4, 0.5) is 4.39 Å². The molecule has 2 aromatic carbocycles. The molecule has 100 valence electrons. The average Bonchev–Trinajstić information content (AvgIpc) is 2.39. The fraction of sp³-hybridized carbons (Fsp3) is 0.0769. The monoisotopic (exact) mass is 391 g/mol. The lowest BCUT2D eigenvalue weighted by molar-refractivity contribution is 0.581. The lowest BCUT2D eigenvalue weighted by atomic mass is 10.2. The predicted molar refractivity (Wildman–Crippen MR) is 79.6 cm³/mol. The smallest absolute Gasteiger partial charge is 0.207 e. The quantitative estimate of drug-likeness (QED) is 0.815. The number of sulfonamides is 1. The molecule has 0 aliphatic rings. The number of benzene rings is 2. The molecule has 0 saturated heterocycles. The van der Waals surface area contributed by atoms with E-state index in [2.05, 4.69) is 27.3 Å². The molecule has 6 heteroatoms. The van der Waals surface area contributed by atoms with Crippen LogP contribution in [0.1, 0.15) is 5.56 Å². The van der Waals surface area contributed by atoms with Crippen molar-refractivity contribution >= 4 is 32.6 Å². The second kappa shape index (κ2) is 5.98. The van der Waals surface area contributed by atoms with Crippen molar-refractivity contribution in [2.45, 2.75) is 11.4 Å². The van der Waals surface area contributed by atoms with Gasteiger partial charge in [-0.2, -0.15) is 0 Å². The van der Waals surface area contributed by atoms with Crippen LogP contribution < -0.4 is 4.72 Å². The first-order valence-electron chi connectivity index (χ1n) is 5.47. The first kappa shape index (κ1) is 14.4. The summed E-state index contributed by atoms with van der Waals surface area (Å²) in [5.41, 5.74) is 0.704. The van der Waals surface area contributed by atoms with Gasteiger partial charge in [0.25, 0.3) is 0 Å². The number of hydrogen-bond acceptors (Lipinski definition) is 2. The first-order chi connectivity index (χ1) is 8.97. The van der Waals surface area contributed by atoms with Gasteiger partial charge < -0.3 is 0 Å². The van der Waals surface area contributed by atoms with Crippen molar-refractivity contribution in [2.75, 3.05) is 0 Å². The molecular weight excluding hydrogens is 380 g/mol. The molecule has 19 heavy (non-hydrogen) atoms. The largest absolute Gasteiger partial charge is 0.240 e. The Morgan fingerprint density at radius 1 is 1.00 bits per heavy atom. The van der Waals surface area contributed by atoms with E-state index in [1.165, 1.54) is 12.1 Å². The van der Waals surface area contributed by atoms with Gasteiger partial charge in [-0.05, 0) is 64.6 Å². The third-order valence-electron chi connectivity index (χ3n) is 2.50. The highest BCUT2D eigenvalue weighted by atomic mass is 127. The lowest BCUT2D eigenvalue weighted by Gasteiger charge is -2.07. The van der Waals surface area contributed by atoms with Crippen LogP contribution in [-0.4, -0.2) is 8.42 Å². The number of halogens is 2. The Morgan fingerprint density at radius 3 is 2.16 bits per heavy atom. The number of rotatable bonds is 4. The van der Waals surface area contributed by atoms with Crippen molar-refractivity contribution in [3.8, 4) is 0 Å². The molecule has 0 saturated carbocycles. The van der Waals surface area contributed by atoms with E-state index in [4.69, 9.17) is 0 Å². The molecule has 0 aromatic heterocycles. The predicted octanol–water partition coefficient (Wildman–Crippen LogP) is 2.91. The maximum atomic E-state index is 12.7. The third kappa shape index (κ3) is 3.99. The minimum absolute atomic E-state index is 0.134. The van der Waals surface area contributed by atoms with Crippen LogP contribution in [0.15, 0.2) is 53.4 Å². The Kier molecular flexibility index (Phi) is 4.54. The fourth-order valence-corrected chi connectivity index (χ4v) is 2.86. The summed E-state index contributed by atoms with van der Waals surface area (Å²) in [5, 5.41) is 0. The lowest BCUT2D eigenvalue weighted by Crippen LogP contribution is -2.23. The molecule has 0 amide bonds. The summed E-state index contributed by atoms with van der Waals surface area (Å²) in [7, 11) is -3.53. The molecule has 0 heterocycles. The molecule has 0 aliphatic heterocycles. The van der Waals surface area contributed by atoms with Gasteiger partial charge in [-0.3, -0.25) is 0 Å². The van der Waals surface area contributed by atoms with Gasteiger partial charge in [0.15, 0.2) is 0 Å². The van der Waals surface area contributed by atoms with Crippen molar-refractivity contribution in [1.29, 1.82) is 0 Å². The average molecular weight is 391 g/mol. The van der Waals surface area contributed by atoms with Gasteiger partial charge in [0.2, 0.25) is 10.0 Å². The van der Waals surface area contributed by atoms with Crippen LogP contribution in [0.3, 0.4) is 0 Å². The van der Waals surface area contributed by atoms with Crippen LogP contribution in [-0.2, 0) is 16.6 Å². The summed E-state index contributed by atoms with van der Waals surface area (Å²) < 4.78 is 40.2. The molecule has 0 aliphatic carbocycles. The molecule has 0 atom stereocenters. The van der Waals surface area contributed by atoms with Gasteiger partial charge in [0.1, 0.15) is 5.82 Å². The molecule has 0 spiro atoms. The molecule has 2 aromatic rings. The highest BCUT2D eigenvalue weighted by Crippen LogP contribution is 2.12. The van der Waals surface area contributed by atoms with Gasteiger partial charge in [-0.15, -0.1) is 0 Å². The van der Waals surface area contributed by atoms with Crippen molar-refractivity contribution in [2.24, 2.45) is 0 Å². The van der Waals surface area contributed by atoms with Crippen LogP contribution in [0.5, 0.6) is 0 Å². The zero-order valence-electron chi connectivity index (χ0n) is 9.81. The standard InChI is InChI=1S/C13H11FINO2S/c14-11-3-1-10(2-4-11)9-16-19(17,18)13-7-5-12(15)6-8-13/h1-8,16H,9H2. The van der Waals surface area contributed by atoms with Crippen LogP contribution in [0, 0.1) is 9.39 Å². The van der Waals surface area contributed by atoms with E-state index in [1.54, 1.807) is 36.4 Å². The topological polar surface area (TPSA) is 46.2 Å². The van der Waals surface area contributed by atoms with Crippen molar-refractivity contribution < 1.29 is 12.8 Å².